The van der Waals surface area contributed by atoms with Crippen molar-refractivity contribution in [3.63, 3.8) is 0 Å². The number of benzene rings is 1. The molecule has 1 atom stereocenters. The number of carbonyl (C=O) groups excluding carboxylic acids is 1. The van der Waals surface area contributed by atoms with Gasteiger partial charge in [0, 0.05) is 13.0 Å². The van der Waals surface area contributed by atoms with Gasteiger partial charge in [-0.1, -0.05) is 30.4 Å². The Hall–Kier alpha value is -2.04. The summed E-state index contributed by atoms with van der Waals surface area (Å²) in [6.07, 6.45) is 0.558. The third kappa shape index (κ3) is 4.49. The molecule has 0 saturated carbocycles. The molecule has 1 amide bonds. The van der Waals surface area contributed by atoms with Crippen molar-refractivity contribution in [1.29, 1.82) is 0 Å². The number of rotatable bonds is 7. The van der Waals surface area contributed by atoms with Gasteiger partial charge in [0.1, 0.15) is 5.75 Å². The molecule has 8 nitrogen and oxygen atoms in total. The van der Waals surface area contributed by atoms with Gasteiger partial charge in [-0.15, -0.1) is 10.2 Å². The van der Waals surface area contributed by atoms with Crippen LogP contribution >= 0.6 is 11.3 Å². The second-order valence-electron chi connectivity index (χ2n) is 4.91. The molecule has 0 unspecified atom stereocenters. The average Bonchev–Trinajstić information content (AvgIpc) is 3.01. The summed E-state index contributed by atoms with van der Waals surface area (Å²) in [5.41, 5.74) is 0.813. The number of hydrogen-bond acceptors (Lipinski definition) is 7. The SMILES string of the molecule is CC[C@H](NS(=O)(=O)c1nnc(NC(C)=O)s1)c1ccc(OC)cc1. The smallest absolute Gasteiger partial charge is 0.270 e. The van der Waals surface area contributed by atoms with Gasteiger partial charge >= 0.3 is 0 Å². The molecule has 2 N–H and O–H groups in total. The summed E-state index contributed by atoms with van der Waals surface area (Å²) in [7, 11) is -2.27. The van der Waals surface area contributed by atoms with Crippen LogP contribution in [-0.2, 0) is 14.8 Å². The van der Waals surface area contributed by atoms with E-state index >= 15 is 0 Å². The summed E-state index contributed by atoms with van der Waals surface area (Å²) in [5, 5.41) is 9.83. The molecular formula is C14H18N4O4S2. The van der Waals surface area contributed by atoms with Gasteiger partial charge in [0.2, 0.25) is 15.4 Å². The second kappa shape index (κ2) is 7.69. The minimum absolute atomic E-state index is 0.139. The van der Waals surface area contributed by atoms with Crippen LogP contribution in [0.5, 0.6) is 5.75 Å². The van der Waals surface area contributed by atoms with Gasteiger partial charge in [0.05, 0.1) is 7.11 Å². The van der Waals surface area contributed by atoms with Crippen molar-refractivity contribution in [1.82, 2.24) is 14.9 Å². The van der Waals surface area contributed by atoms with Crippen LogP contribution < -0.4 is 14.8 Å². The number of methoxy groups -OCH3 is 1. The lowest BCUT2D eigenvalue weighted by molar-refractivity contribution is -0.114. The van der Waals surface area contributed by atoms with Crippen molar-refractivity contribution in [2.75, 3.05) is 12.4 Å². The van der Waals surface area contributed by atoms with E-state index < -0.39 is 16.1 Å². The van der Waals surface area contributed by atoms with Crippen molar-refractivity contribution < 1.29 is 17.9 Å². The van der Waals surface area contributed by atoms with Gasteiger partial charge in [-0.2, -0.15) is 0 Å². The topological polar surface area (TPSA) is 110 Å². The molecule has 0 fully saturated rings. The molecule has 0 aliphatic heterocycles. The van der Waals surface area contributed by atoms with Gasteiger partial charge in [-0.05, 0) is 24.1 Å². The van der Waals surface area contributed by atoms with E-state index in [4.69, 9.17) is 4.74 Å². The number of anilines is 1. The maximum Gasteiger partial charge on any atom is 0.270 e. The highest BCUT2D eigenvalue weighted by Crippen LogP contribution is 2.25. The number of nitrogens with one attached hydrogen (secondary N) is 2. The van der Waals surface area contributed by atoms with Crippen LogP contribution in [0.3, 0.4) is 0 Å². The third-order valence-electron chi connectivity index (χ3n) is 3.14. The van der Waals surface area contributed by atoms with Gasteiger partial charge in [-0.25, -0.2) is 13.1 Å². The van der Waals surface area contributed by atoms with E-state index in [0.717, 1.165) is 16.9 Å². The predicted octanol–water partition coefficient (Wildman–Crippen LogP) is 1.93. The molecule has 0 aliphatic rings. The molecule has 0 saturated heterocycles. The lowest BCUT2D eigenvalue weighted by Gasteiger charge is -2.16. The number of aromatic nitrogens is 2. The monoisotopic (exact) mass is 370 g/mol. The van der Waals surface area contributed by atoms with E-state index in [-0.39, 0.29) is 15.4 Å². The normalized spacial score (nSPS) is 12.6. The maximum atomic E-state index is 12.5. The zero-order chi connectivity index (χ0) is 17.7. The minimum Gasteiger partial charge on any atom is -0.497 e. The highest BCUT2D eigenvalue weighted by Gasteiger charge is 2.24. The zero-order valence-electron chi connectivity index (χ0n) is 13.4. The number of nitrogens with zero attached hydrogens (tertiary/aromatic N) is 2. The molecule has 0 aliphatic carbocycles. The lowest BCUT2D eigenvalue weighted by Crippen LogP contribution is -2.28. The molecule has 0 spiro atoms. The van der Waals surface area contributed by atoms with Gasteiger partial charge in [0.15, 0.2) is 0 Å². The summed E-state index contributed by atoms with van der Waals surface area (Å²) < 4.78 is 32.4. The Bertz CT molecular complexity index is 802. The summed E-state index contributed by atoms with van der Waals surface area (Å²) in [4.78, 5) is 11.0. The van der Waals surface area contributed by atoms with Crippen LogP contribution in [0.1, 0.15) is 31.9 Å². The van der Waals surface area contributed by atoms with Crippen molar-refractivity contribution in [2.24, 2.45) is 0 Å². The Morgan fingerprint density at radius 2 is 1.96 bits per heavy atom. The zero-order valence-corrected chi connectivity index (χ0v) is 15.1. The van der Waals surface area contributed by atoms with Crippen molar-refractivity contribution >= 4 is 32.4 Å². The summed E-state index contributed by atoms with van der Waals surface area (Å²) >= 11 is 0.797. The summed E-state index contributed by atoms with van der Waals surface area (Å²) in [6.45, 7) is 3.19. The third-order valence-corrected chi connectivity index (χ3v) is 5.82. The standard InChI is InChI=1S/C14H18N4O4S2/c1-4-12(10-5-7-11(22-3)8-6-10)18-24(20,21)14-17-16-13(23-14)15-9(2)19/h5-8,12,18H,4H2,1-3H3,(H,15,16,19)/t12-/m0/s1. The van der Waals surface area contributed by atoms with Crippen molar-refractivity contribution in [3.8, 4) is 5.75 Å². The molecule has 1 heterocycles. The quantitative estimate of drug-likeness (QED) is 0.721. The number of ether oxygens (including phenoxy) is 1. The highest BCUT2D eigenvalue weighted by molar-refractivity contribution is 7.91. The Balaban J connectivity index is 2.18. The molecule has 24 heavy (non-hydrogen) atoms. The minimum atomic E-state index is -3.84. The molecule has 2 aromatic rings. The fourth-order valence-corrected chi connectivity index (χ4v) is 4.25. The van der Waals surface area contributed by atoms with Gasteiger partial charge in [0.25, 0.3) is 10.0 Å². The van der Waals surface area contributed by atoms with E-state index in [1.165, 1.54) is 6.92 Å². The van der Waals surface area contributed by atoms with Crippen LogP contribution in [0.4, 0.5) is 5.13 Å². The van der Waals surface area contributed by atoms with E-state index in [1.807, 2.05) is 6.92 Å². The fourth-order valence-electron chi connectivity index (χ4n) is 1.98. The first-order valence-corrected chi connectivity index (χ1v) is 9.43. The second-order valence-corrected chi connectivity index (χ2v) is 7.77. The summed E-state index contributed by atoms with van der Waals surface area (Å²) in [6, 6.07) is 6.74. The van der Waals surface area contributed by atoms with Gasteiger partial charge < -0.3 is 10.1 Å². The molecule has 130 valence electrons. The van der Waals surface area contributed by atoms with Crippen LogP contribution in [0.2, 0.25) is 0 Å². The maximum absolute atomic E-state index is 12.5. The van der Waals surface area contributed by atoms with E-state index in [2.05, 4.69) is 20.2 Å². The average molecular weight is 370 g/mol. The Morgan fingerprint density at radius 3 is 2.50 bits per heavy atom. The van der Waals surface area contributed by atoms with Crippen molar-refractivity contribution in [2.45, 2.75) is 30.6 Å². The van der Waals surface area contributed by atoms with E-state index in [1.54, 1.807) is 31.4 Å². The molecule has 1 aromatic carbocycles. The first-order chi connectivity index (χ1) is 11.4. The first-order valence-electron chi connectivity index (χ1n) is 7.13. The molecule has 2 rings (SSSR count). The molecule has 0 radical (unpaired) electrons. The largest absolute Gasteiger partial charge is 0.497 e. The first kappa shape index (κ1) is 18.3. The Kier molecular flexibility index (Phi) is 5.86. The van der Waals surface area contributed by atoms with Crippen LogP contribution in [0.15, 0.2) is 28.6 Å². The Labute approximate surface area is 144 Å². The van der Waals surface area contributed by atoms with E-state index in [9.17, 15) is 13.2 Å². The molecule has 10 heteroatoms. The predicted molar refractivity (Wildman–Crippen MR) is 90.6 cm³/mol. The van der Waals surface area contributed by atoms with Crippen LogP contribution in [0, 0.1) is 0 Å². The highest BCUT2D eigenvalue weighted by atomic mass is 32.2. The lowest BCUT2D eigenvalue weighted by atomic mass is 10.1. The molecular weight excluding hydrogens is 352 g/mol. The number of sulfonamides is 1. The van der Waals surface area contributed by atoms with Crippen molar-refractivity contribution in [3.05, 3.63) is 29.8 Å². The molecule has 0 bridgehead atoms. The van der Waals surface area contributed by atoms with E-state index in [0.29, 0.717) is 12.2 Å². The number of amides is 1. The summed E-state index contributed by atoms with van der Waals surface area (Å²) in [5.74, 6) is 0.355. The number of carbonyl (C=O) groups is 1. The van der Waals surface area contributed by atoms with Gasteiger partial charge in [-0.3, -0.25) is 4.79 Å². The number of hydrogen-bond donors (Lipinski definition) is 2. The Morgan fingerprint density at radius 1 is 1.29 bits per heavy atom. The van der Waals surface area contributed by atoms with Crippen LogP contribution in [0.25, 0.3) is 0 Å². The fraction of sp³-hybridized carbons (Fsp3) is 0.357. The molecule has 1 aromatic heterocycles. The van der Waals surface area contributed by atoms with Crippen LogP contribution in [-0.4, -0.2) is 31.6 Å².